The molecule has 0 aliphatic carbocycles. The summed E-state index contributed by atoms with van der Waals surface area (Å²) in [5.74, 6) is 1.59. The van der Waals surface area contributed by atoms with Gasteiger partial charge in [0.1, 0.15) is 11.5 Å². The first-order valence-corrected chi connectivity index (χ1v) is 10.3. The molecule has 0 aromatic heterocycles. The fraction of sp³-hybridized carbons (Fsp3) is 0.286. The summed E-state index contributed by atoms with van der Waals surface area (Å²) in [6, 6.07) is 12.3. The predicted octanol–water partition coefficient (Wildman–Crippen LogP) is 4.50. The van der Waals surface area contributed by atoms with Gasteiger partial charge >= 0.3 is 0 Å². The highest BCUT2D eigenvalue weighted by atomic mass is 32.2. The molecule has 0 N–H and O–H groups in total. The van der Waals surface area contributed by atoms with E-state index in [0.717, 1.165) is 23.1 Å². The number of nitrogens with zero attached hydrogens (tertiary/aromatic N) is 1. The smallest absolute Gasteiger partial charge is 0.285 e. The number of ether oxygens (including phenoxy) is 2. The van der Waals surface area contributed by atoms with Crippen LogP contribution in [0.2, 0.25) is 0 Å². The largest absolute Gasteiger partial charge is 0.497 e. The maximum atomic E-state index is 12.7. The van der Waals surface area contributed by atoms with Crippen molar-refractivity contribution in [2.45, 2.75) is 38.0 Å². The summed E-state index contributed by atoms with van der Waals surface area (Å²) in [7, 11) is -2.24. The molecular weight excluding hydrogens is 362 g/mol. The quantitative estimate of drug-likeness (QED) is 0.760. The predicted molar refractivity (Wildman–Crippen MR) is 106 cm³/mol. The Bertz CT molecular complexity index is 989. The van der Waals surface area contributed by atoms with E-state index in [2.05, 4.69) is 4.40 Å². The third-order valence-corrected chi connectivity index (χ3v) is 5.61. The van der Waals surface area contributed by atoms with Gasteiger partial charge in [-0.2, -0.15) is 8.42 Å². The number of aryl methyl sites for hydroxylation is 1. The topological polar surface area (TPSA) is 65.0 Å². The highest BCUT2D eigenvalue weighted by Gasteiger charge is 2.20. The van der Waals surface area contributed by atoms with Gasteiger partial charge in [-0.05, 0) is 54.8 Å². The Kier molecular flexibility index (Phi) is 5.65. The molecule has 1 aliphatic heterocycles. The Morgan fingerprint density at radius 2 is 1.89 bits per heavy atom. The Labute approximate surface area is 160 Å². The van der Waals surface area contributed by atoms with Gasteiger partial charge in [-0.1, -0.05) is 30.7 Å². The number of sulfonamides is 1. The molecular formula is C21H23NO4S. The first kappa shape index (κ1) is 19.2. The summed E-state index contributed by atoms with van der Waals surface area (Å²) in [6.45, 7) is 3.95. The van der Waals surface area contributed by atoms with Gasteiger partial charge in [-0.15, -0.1) is 4.40 Å². The maximum absolute atomic E-state index is 12.7. The van der Waals surface area contributed by atoms with Crippen LogP contribution in [0.25, 0.3) is 6.08 Å². The van der Waals surface area contributed by atoms with Crippen molar-refractivity contribution in [2.24, 2.45) is 4.40 Å². The molecule has 6 heteroatoms. The maximum Gasteiger partial charge on any atom is 0.285 e. The molecule has 0 bridgehead atoms. The molecule has 2 aromatic carbocycles. The molecule has 142 valence electrons. The molecule has 2 aromatic rings. The third kappa shape index (κ3) is 4.57. The van der Waals surface area contributed by atoms with E-state index in [9.17, 15) is 8.42 Å². The fourth-order valence-corrected chi connectivity index (χ4v) is 3.83. The molecule has 27 heavy (non-hydrogen) atoms. The molecule has 0 atom stereocenters. The standard InChI is InChI=1S/C21H23NO4S/c1-4-5-19-12-16-8-9-18(25-3)13-17(16)14-21(26-19)22-27(23,24)20-10-6-15(2)7-11-20/h6-13H,4-5,14H2,1-3H3/b22-21-. The van der Waals surface area contributed by atoms with Crippen LogP contribution in [0.5, 0.6) is 5.75 Å². The fourth-order valence-electron chi connectivity index (χ4n) is 2.87. The van der Waals surface area contributed by atoms with Crippen LogP contribution in [0.4, 0.5) is 0 Å². The minimum atomic E-state index is -3.84. The number of hydrogen-bond acceptors (Lipinski definition) is 4. The van der Waals surface area contributed by atoms with Crippen molar-refractivity contribution in [2.75, 3.05) is 7.11 Å². The molecule has 0 saturated carbocycles. The average Bonchev–Trinajstić information content (AvgIpc) is 2.79. The lowest BCUT2D eigenvalue weighted by Crippen LogP contribution is -2.11. The lowest BCUT2D eigenvalue weighted by atomic mass is 10.0. The van der Waals surface area contributed by atoms with E-state index >= 15 is 0 Å². The number of methoxy groups -OCH3 is 1. The minimum absolute atomic E-state index is 0.153. The molecule has 3 rings (SSSR count). The van der Waals surface area contributed by atoms with Gasteiger partial charge in [0.05, 0.1) is 18.4 Å². The number of fused-ring (bicyclic) bond motifs is 1. The summed E-state index contributed by atoms with van der Waals surface area (Å²) in [4.78, 5) is 0.153. The monoisotopic (exact) mass is 385 g/mol. The first-order valence-electron chi connectivity index (χ1n) is 8.87. The second-order valence-electron chi connectivity index (χ2n) is 6.48. The Morgan fingerprint density at radius 3 is 2.56 bits per heavy atom. The SMILES string of the molecule is CCCC1=Cc2ccc(OC)cc2C/C(=N/S(=O)(=O)c2ccc(C)cc2)O1. The van der Waals surface area contributed by atoms with Gasteiger partial charge in [0.2, 0.25) is 5.90 Å². The third-order valence-electron chi connectivity index (χ3n) is 4.29. The van der Waals surface area contributed by atoms with E-state index in [4.69, 9.17) is 9.47 Å². The van der Waals surface area contributed by atoms with Crippen molar-refractivity contribution in [3.63, 3.8) is 0 Å². The minimum Gasteiger partial charge on any atom is -0.497 e. The molecule has 0 spiro atoms. The normalized spacial score (nSPS) is 15.5. The molecule has 0 fully saturated rings. The van der Waals surface area contributed by atoms with E-state index in [1.165, 1.54) is 0 Å². The van der Waals surface area contributed by atoms with Gasteiger partial charge < -0.3 is 9.47 Å². The summed E-state index contributed by atoms with van der Waals surface area (Å²) in [5, 5.41) is 0. The zero-order chi connectivity index (χ0) is 19.4. The van der Waals surface area contributed by atoms with E-state index in [1.54, 1.807) is 31.4 Å². The van der Waals surface area contributed by atoms with Gasteiger partial charge in [-0.25, -0.2) is 0 Å². The van der Waals surface area contributed by atoms with E-state index in [-0.39, 0.29) is 17.2 Å². The summed E-state index contributed by atoms with van der Waals surface area (Å²) < 4.78 is 40.6. The summed E-state index contributed by atoms with van der Waals surface area (Å²) in [6.07, 6.45) is 3.81. The molecule has 1 aliphatic rings. The zero-order valence-electron chi connectivity index (χ0n) is 15.7. The van der Waals surface area contributed by atoms with E-state index in [1.807, 2.05) is 38.1 Å². The Hall–Kier alpha value is -2.60. The van der Waals surface area contributed by atoms with Crippen molar-refractivity contribution in [1.82, 2.24) is 0 Å². The van der Waals surface area contributed by atoms with Crippen LogP contribution in [0.1, 0.15) is 36.5 Å². The number of rotatable bonds is 5. The van der Waals surface area contributed by atoms with Crippen LogP contribution in [-0.2, 0) is 21.2 Å². The lowest BCUT2D eigenvalue weighted by molar-refractivity contribution is 0.391. The van der Waals surface area contributed by atoms with Crippen LogP contribution >= 0.6 is 0 Å². The molecule has 0 saturated heterocycles. The zero-order valence-corrected chi connectivity index (χ0v) is 16.5. The van der Waals surface area contributed by atoms with Gasteiger partial charge in [0.25, 0.3) is 10.0 Å². The van der Waals surface area contributed by atoms with Gasteiger partial charge in [0, 0.05) is 6.42 Å². The van der Waals surface area contributed by atoms with Crippen molar-refractivity contribution in [3.05, 3.63) is 64.9 Å². The molecule has 0 amide bonds. The lowest BCUT2D eigenvalue weighted by Gasteiger charge is -2.09. The van der Waals surface area contributed by atoms with E-state index in [0.29, 0.717) is 17.9 Å². The van der Waals surface area contributed by atoms with Crippen LogP contribution in [-0.4, -0.2) is 21.4 Å². The highest BCUT2D eigenvalue weighted by Crippen LogP contribution is 2.27. The van der Waals surface area contributed by atoms with Crippen LogP contribution in [0, 0.1) is 6.92 Å². The second-order valence-corrected chi connectivity index (χ2v) is 8.08. The van der Waals surface area contributed by atoms with Crippen molar-refractivity contribution in [3.8, 4) is 5.75 Å². The van der Waals surface area contributed by atoms with Crippen molar-refractivity contribution in [1.29, 1.82) is 0 Å². The molecule has 0 radical (unpaired) electrons. The van der Waals surface area contributed by atoms with Gasteiger partial charge in [-0.3, -0.25) is 0 Å². The molecule has 0 unspecified atom stereocenters. The number of hydrogen-bond donors (Lipinski definition) is 0. The highest BCUT2D eigenvalue weighted by molar-refractivity contribution is 7.90. The van der Waals surface area contributed by atoms with Crippen molar-refractivity contribution < 1.29 is 17.9 Å². The summed E-state index contributed by atoms with van der Waals surface area (Å²) >= 11 is 0. The van der Waals surface area contributed by atoms with Gasteiger partial charge in [0.15, 0.2) is 0 Å². The van der Waals surface area contributed by atoms with Crippen LogP contribution < -0.4 is 4.74 Å². The van der Waals surface area contributed by atoms with E-state index < -0.39 is 10.0 Å². The Balaban J connectivity index is 2.02. The summed E-state index contributed by atoms with van der Waals surface area (Å²) in [5.41, 5.74) is 2.89. The Morgan fingerprint density at radius 1 is 1.15 bits per heavy atom. The molecule has 1 heterocycles. The van der Waals surface area contributed by atoms with Crippen molar-refractivity contribution >= 4 is 22.0 Å². The average molecular weight is 385 g/mol. The first-order chi connectivity index (χ1) is 12.9. The molecule has 5 nitrogen and oxygen atoms in total. The van der Waals surface area contributed by atoms with Crippen LogP contribution in [0.15, 0.2) is 57.5 Å². The number of allylic oxidation sites excluding steroid dienone is 1. The number of benzene rings is 2. The second kappa shape index (κ2) is 7.96. The van der Waals surface area contributed by atoms with Crippen LogP contribution in [0.3, 0.4) is 0 Å².